The molecule has 2 atom stereocenters. The van der Waals surface area contributed by atoms with Crippen molar-refractivity contribution < 1.29 is 26.7 Å². The fourth-order valence-electron chi connectivity index (χ4n) is 3.95. The number of amides is 1. The Hall–Kier alpha value is -3.57. The number of carbonyl (C=O) groups excluding carboxylic acids is 1. The van der Waals surface area contributed by atoms with Crippen LogP contribution in [0.2, 0.25) is 0 Å². The molecule has 1 fully saturated rings. The molecular weight excluding hydrogens is 471 g/mol. The van der Waals surface area contributed by atoms with Crippen LogP contribution in [-0.2, 0) is 11.0 Å². The van der Waals surface area contributed by atoms with Crippen LogP contribution in [0, 0.1) is 11.3 Å². The molecule has 0 aromatic carbocycles. The van der Waals surface area contributed by atoms with Crippen molar-refractivity contribution in [3.8, 4) is 0 Å². The highest BCUT2D eigenvalue weighted by Crippen LogP contribution is 2.35. The van der Waals surface area contributed by atoms with E-state index < -0.39 is 54.2 Å². The minimum atomic E-state index is -4.54. The van der Waals surface area contributed by atoms with Crippen LogP contribution < -0.4 is 10.6 Å². The quantitative estimate of drug-likeness (QED) is 0.397. The van der Waals surface area contributed by atoms with Gasteiger partial charge in [-0.1, -0.05) is 13.0 Å². The van der Waals surface area contributed by atoms with Gasteiger partial charge in [0, 0.05) is 44.2 Å². The van der Waals surface area contributed by atoms with Crippen LogP contribution in [0.3, 0.4) is 0 Å². The molecule has 1 amide bonds. The molecule has 1 saturated heterocycles. The molecule has 0 radical (unpaired) electrons. The standard InChI is InChI=1S/C23H25F5N6O/c1-14-9-22(24,25)13-34(18(14)12-33-19-7-6-15(10-32-19)23(26,27)28)21(35)20(29)16(11-30-2)17-5-3-4-8-31-17/h3-8,10-11,14,18,29-30H,9,12-13H2,1-2H3,(H,32,33)/b16-11-,29-20?/t14-,18?/m1/s1. The fraction of sp³-hybridized carbons (Fsp3) is 0.391. The summed E-state index contributed by atoms with van der Waals surface area (Å²) in [5, 5.41) is 14.0. The lowest BCUT2D eigenvalue weighted by molar-refractivity contribution is -0.145. The number of carbonyl (C=O) groups is 1. The largest absolute Gasteiger partial charge is 0.417 e. The van der Waals surface area contributed by atoms with E-state index in [0.29, 0.717) is 11.9 Å². The minimum Gasteiger partial charge on any atom is -0.393 e. The van der Waals surface area contributed by atoms with Crippen LogP contribution in [0.15, 0.2) is 48.9 Å². The molecule has 3 rings (SSSR count). The molecular formula is C23H25F5N6O. The Morgan fingerprint density at radius 2 is 2.00 bits per heavy atom. The van der Waals surface area contributed by atoms with E-state index in [-0.39, 0.29) is 17.9 Å². The summed E-state index contributed by atoms with van der Waals surface area (Å²) < 4.78 is 67.2. The van der Waals surface area contributed by atoms with E-state index in [2.05, 4.69) is 20.6 Å². The van der Waals surface area contributed by atoms with Crippen molar-refractivity contribution in [2.75, 3.05) is 25.5 Å². The van der Waals surface area contributed by atoms with Gasteiger partial charge in [0.15, 0.2) is 0 Å². The number of nitrogens with one attached hydrogen (secondary N) is 3. The van der Waals surface area contributed by atoms with Gasteiger partial charge < -0.3 is 15.5 Å². The maximum Gasteiger partial charge on any atom is 0.417 e. The molecule has 188 valence electrons. The lowest BCUT2D eigenvalue weighted by Crippen LogP contribution is -2.58. The van der Waals surface area contributed by atoms with E-state index in [1.165, 1.54) is 12.4 Å². The highest BCUT2D eigenvalue weighted by atomic mass is 19.4. The van der Waals surface area contributed by atoms with Crippen molar-refractivity contribution in [2.24, 2.45) is 5.92 Å². The van der Waals surface area contributed by atoms with Crippen molar-refractivity contribution in [3.63, 3.8) is 0 Å². The molecule has 7 nitrogen and oxygen atoms in total. The average molecular weight is 496 g/mol. The second kappa shape index (κ2) is 10.4. The van der Waals surface area contributed by atoms with Crippen molar-refractivity contribution >= 4 is 23.0 Å². The molecule has 2 aromatic rings. The first-order valence-corrected chi connectivity index (χ1v) is 10.8. The predicted octanol–water partition coefficient (Wildman–Crippen LogP) is 4.06. The van der Waals surface area contributed by atoms with Crippen molar-refractivity contribution in [1.29, 1.82) is 5.41 Å². The maximum absolute atomic E-state index is 14.5. The van der Waals surface area contributed by atoms with Crippen LogP contribution in [0.1, 0.15) is 24.6 Å². The Bertz CT molecular complexity index is 1070. The Morgan fingerprint density at radius 1 is 1.26 bits per heavy atom. The first-order valence-electron chi connectivity index (χ1n) is 10.8. The number of hydrogen-bond acceptors (Lipinski definition) is 6. The van der Waals surface area contributed by atoms with E-state index >= 15 is 0 Å². The van der Waals surface area contributed by atoms with Gasteiger partial charge in [0.1, 0.15) is 11.5 Å². The monoisotopic (exact) mass is 496 g/mol. The summed E-state index contributed by atoms with van der Waals surface area (Å²) >= 11 is 0. The highest BCUT2D eigenvalue weighted by molar-refractivity contribution is 6.54. The molecule has 3 heterocycles. The first kappa shape index (κ1) is 26.0. The van der Waals surface area contributed by atoms with Gasteiger partial charge in [0.05, 0.1) is 23.8 Å². The van der Waals surface area contributed by atoms with Gasteiger partial charge in [-0.25, -0.2) is 13.8 Å². The number of likely N-dealkylation sites (tertiary alicyclic amines) is 1. The average Bonchev–Trinajstić information content (AvgIpc) is 2.80. The van der Waals surface area contributed by atoms with E-state index in [9.17, 15) is 26.7 Å². The number of hydrogen-bond donors (Lipinski definition) is 3. The molecule has 3 N–H and O–H groups in total. The first-order chi connectivity index (χ1) is 16.4. The number of nitrogens with zero attached hydrogens (tertiary/aromatic N) is 3. The zero-order chi connectivity index (χ0) is 25.8. The van der Waals surface area contributed by atoms with Gasteiger partial charge in [-0.05, 0) is 30.2 Å². The SMILES string of the molecule is CN/C=C(\C(=N)C(=O)N1CC(F)(F)C[C@@H](C)C1CNc1ccc(C(F)(F)F)cn1)c1ccccn1. The molecule has 0 bridgehead atoms. The third-order valence-corrected chi connectivity index (χ3v) is 5.64. The zero-order valence-corrected chi connectivity index (χ0v) is 19.0. The Morgan fingerprint density at radius 3 is 2.57 bits per heavy atom. The van der Waals surface area contributed by atoms with Crippen LogP contribution in [0.5, 0.6) is 0 Å². The second-order valence-electron chi connectivity index (χ2n) is 8.29. The molecule has 0 spiro atoms. The molecule has 35 heavy (non-hydrogen) atoms. The number of piperidine rings is 1. The lowest BCUT2D eigenvalue weighted by atomic mass is 9.87. The number of halogens is 5. The number of anilines is 1. The van der Waals surface area contributed by atoms with Gasteiger partial charge in [-0.15, -0.1) is 0 Å². The fourth-order valence-corrected chi connectivity index (χ4v) is 3.95. The van der Waals surface area contributed by atoms with Gasteiger partial charge >= 0.3 is 6.18 Å². The third-order valence-electron chi connectivity index (χ3n) is 5.64. The third kappa shape index (κ3) is 6.31. The summed E-state index contributed by atoms with van der Waals surface area (Å²) in [4.78, 5) is 22.1. The normalized spacial score (nSPS) is 20.3. The summed E-state index contributed by atoms with van der Waals surface area (Å²) in [5.74, 6) is -4.62. The summed E-state index contributed by atoms with van der Waals surface area (Å²) in [6, 6.07) is 6.15. The van der Waals surface area contributed by atoms with Crippen LogP contribution in [0.25, 0.3) is 5.57 Å². The Balaban J connectivity index is 1.83. The Labute approximate surface area is 199 Å². The number of rotatable bonds is 7. The van der Waals surface area contributed by atoms with Crippen molar-refractivity contribution in [2.45, 2.75) is 31.5 Å². The van der Waals surface area contributed by atoms with E-state index in [0.717, 1.165) is 17.0 Å². The van der Waals surface area contributed by atoms with Gasteiger partial charge in [-0.2, -0.15) is 13.2 Å². The molecule has 12 heteroatoms. The highest BCUT2D eigenvalue weighted by Gasteiger charge is 2.46. The van der Waals surface area contributed by atoms with Gasteiger partial charge in [0.2, 0.25) is 0 Å². The molecule has 1 aliphatic heterocycles. The molecule has 1 unspecified atom stereocenters. The molecule has 2 aromatic heterocycles. The summed E-state index contributed by atoms with van der Waals surface area (Å²) in [5.41, 5.74) is -0.977. The molecule has 0 saturated carbocycles. The van der Waals surface area contributed by atoms with Gasteiger partial charge in [0.25, 0.3) is 11.8 Å². The van der Waals surface area contributed by atoms with E-state index in [4.69, 9.17) is 5.41 Å². The lowest BCUT2D eigenvalue weighted by Gasteiger charge is -2.43. The predicted molar refractivity (Wildman–Crippen MR) is 121 cm³/mol. The zero-order valence-electron chi connectivity index (χ0n) is 19.0. The van der Waals surface area contributed by atoms with Crippen molar-refractivity contribution in [1.82, 2.24) is 20.2 Å². The molecule has 1 aliphatic rings. The minimum absolute atomic E-state index is 0.0384. The smallest absolute Gasteiger partial charge is 0.393 e. The van der Waals surface area contributed by atoms with E-state index in [1.807, 2.05) is 0 Å². The number of alkyl halides is 5. The van der Waals surface area contributed by atoms with E-state index in [1.54, 1.807) is 32.2 Å². The Kier molecular flexibility index (Phi) is 7.71. The topological polar surface area (TPSA) is 94.0 Å². The number of pyridine rings is 2. The maximum atomic E-state index is 14.5. The molecule has 0 aliphatic carbocycles. The van der Waals surface area contributed by atoms with Crippen LogP contribution in [-0.4, -0.2) is 58.6 Å². The summed E-state index contributed by atoms with van der Waals surface area (Å²) in [6.45, 7) is 0.635. The summed E-state index contributed by atoms with van der Waals surface area (Å²) in [6.07, 6.45) is -1.47. The van der Waals surface area contributed by atoms with Crippen LogP contribution >= 0.6 is 0 Å². The van der Waals surface area contributed by atoms with Crippen molar-refractivity contribution in [3.05, 3.63) is 60.2 Å². The van der Waals surface area contributed by atoms with Gasteiger partial charge in [-0.3, -0.25) is 15.2 Å². The number of aromatic nitrogens is 2. The second-order valence-corrected chi connectivity index (χ2v) is 8.29. The summed E-state index contributed by atoms with van der Waals surface area (Å²) in [7, 11) is 1.57. The van der Waals surface area contributed by atoms with Crippen LogP contribution in [0.4, 0.5) is 27.8 Å².